The fraction of sp³-hybridized carbons (Fsp3) is 0.500. The highest BCUT2D eigenvalue weighted by Gasteiger charge is 2.40. The first-order chi connectivity index (χ1) is 10.6. The minimum Gasteiger partial charge on any atom is -0.460 e. The minimum absolute atomic E-state index is 0.178. The van der Waals surface area contributed by atoms with E-state index in [0.717, 1.165) is 31.3 Å². The predicted octanol–water partition coefficient (Wildman–Crippen LogP) is 2.69. The van der Waals surface area contributed by atoms with Gasteiger partial charge in [-0.1, -0.05) is 11.6 Å². The van der Waals surface area contributed by atoms with Gasteiger partial charge in [0, 0.05) is 23.7 Å². The van der Waals surface area contributed by atoms with Crippen LogP contribution >= 0.6 is 11.6 Å². The van der Waals surface area contributed by atoms with Crippen molar-refractivity contribution < 1.29 is 9.21 Å². The van der Waals surface area contributed by atoms with Gasteiger partial charge in [0.15, 0.2) is 11.3 Å². The number of fused-ring (bicyclic) bond motifs is 4. The molecular weight excluding hydrogens is 302 g/mol. The zero-order valence-electron chi connectivity index (χ0n) is 12.4. The Morgan fingerprint density at radius 1 is 1.45 bits per heavy atom. The van der Waals surface area contributed by atoms with Crippen LogP contribution in [0.4, 0.5) is 0 Å². The smallest absolute Gasteiger partial charge is 0.274 e. The molecule has 0 unspecified atom stereocenters. The number of aromatic nitrogens is 1. The van der Waals surface area contributed by atoms with E-state index in [1.165, 1.54) is 6.26 Å². The highest BCUT2D eigenvalue weighted by molar-refractivity contribution is 6.35. The molecular formula is C16H18ClN3O2. The van der Waals surface area contributed by atoms with Gasteiger partial charge in [-0.15, -0.1) is 0 Å². The second kappa shape index (κ2) is 5.25. The standard InChI is InChI=1S/C16H18ClN3O2/c1-9-13(10-3-6-20(9)7-4-10)19-16(21)14-15-11(2-5-18-14)12(17)8-22-15/h2,5,8-10,13H,3-4,6-7H2,1H3,(H,19,21)/t9-,13-/m0/s1. The van der Waals surface area contributed by atoms with Gasteiger partial charge in [0.1, 0.15) is 6.26 Å². The molecule has 6 heteroatoms. The SMILES string of the molecule is C[C@H]1[C@H](NC(=O)c2nccc3c(Cl)coc23)C2CCN1CC2. The third-order valence-electron chi connectivity index (χ3n) is 5.13. The Morgan fingerprint density at radius 3 is 2.95 bits per heavy atom. The van der Waals surface area contributed by atoms with Gasteiger partial charge in [-0.05, 0) is 44.8 Å². The molecule has 0 spiro atoms. The van der Waals surface area contributed by atoms with Gasteiger partial charge in [0.05, 0.1) is 5.02 Å². The van der Waals surface area contributed by atoms with Gasteiger partial charge < -0.3 is 9.73 Å². The van der Waals surface area contributed by atoms with Crippen molar-refractivity contribution in [2.45, 2.75) is 31.8 Å². The molecule has 5 nitrogen and oxygen atoms in total. The van der Waals surface area contributed by atoms with Crippen molar-refractivity contribution in [2.75, 3.05) is 13.1 Å². The minimum atomic E-state index is -0.179. The molecule has 1 N–H and O–H groups in total. The van der Waals surface area contributed by atoms with E-state index >= 15 is 0 Å². The van der Waals surface area contributed by atoms with E-state index in [9.17, 15) is 4.79 Å². The number of nitrogens with zero attached hydrogens (tertiary/aromatic N) is 2. The lowest BCUT2D eigenvalue weighted by atomic mass is 9.79. The Balaban J connectivity index is 1.61. The van der Waals surface area contributed by atoms with E-state index < -0.39 is 0 Å². The number of pyridine rings is 1. The van der Waals surface area contributed by atoms with Gasteiger partial charge in [0.2, 0.25) is 0 Å². The topological polar surface area (TPSA) is 58.4 Å². The maximum absolute atomic E-state index is 12.7. The zero-order valence-corrected chi connectivity index (χ0v) is 13.1. The van der Waals surface area contributed by atoms with Crippen LogP contribution in [0, 0.1) is 5.92 Å². The number of hydrogen-bond acceptors (Lipinski definition) is 4. The molecule has 1 amide bonds. The normalized spacial score (nSPS) is 30.6. The molecule has 3 aliphatic rings. The summed E-state index contributed by atoms with van der Waals surface area (Å²) in [4.78, 5) is 19.3. The summed E-state index contributed by atoms with van der Waals surface area (Å²) in [5.41, 5.74) is 0.770. The summed E-state index contributed by atoms with van der Waals surface area (Å²) in [5.74, 6) is 0.380. The van der Waals surface area contributed by atoms with Gasteiger partial charge in [-0.25, -0.2) is 4.98 Å². The molecule has 2 bridgehead atoms. The molecule has 0 radical (unpaired) electrons. The molecule has 2 atom stereocenters. The first-order valence-corrected chi connectivity index (χ1v) is 8.09. The zero-order chi connectivity index (χ0) is 15.3. The number of piperidine rings is 3. The Bertz CT molecular complexity index is 719. The fourth-order valence-electron chi connectivity index (χ4n) is 3.86. The van der Waals surface area contributed by atoms with Crippen molar-refractivity contribution in [2.24, 2.45) is 5.92 Å². The maximum atomic E-state index is 12.7. The van der Waals surface area contributed by atoms with E-state index in [2.05, 4.69) is 22.1 Å². The lowest BCUT2D eigenvalue weighted by molar-refractivity contribution is 0.0216. The number of nitrogens with one attached hydrogen (secondary N) is 1. The number of amides is 1. The lowest BCUT2D eigenvalue weighted by Gasteiger charge is -2.49. The van der Waals surface area contributed by atoms with Crippen molar-refractivity contribution in [1.82, 2.24) is 15.2 Å². The molecule has 3 saturated heterocycles. The molecule has 2 aromatic rings. The Labute approximate surface area is 133 Å². The number of carbonyl (C=O) groups is 1. The van der Waals surface area contributed by atoms with Crippen LogP contribution < -0.4 is 5.32 Å². The summed E-state index contributed by atoms with van der Waals surface area (Å²) in [7, 11) is 0. The summed E-state index contributed by atoms with van der Waals surface area (Å²) in [6.45, 7) is 4.47. The Morgan fingerprint density at radius 2 is 2.23 bits per heavy atom. The number of furan rings is 1. The second-order valence-electron chi connectivity index (χ2n) is 6.23. The Kier molecular flexibility index (Phi) is 3.35. The quantitative estimate of drug-likeness (QED) is 0.924. The first-order valence-electron chi connectivity index (χ1n) is 7.72. The molecule has 0 aromatic carbocycles. The van der Waals surface area contributed by atoms with Crippen LogP contribution in [-0.2, 0) is 0 Å². The molecule has 3 fully saturated rings. The summed E-state index contributed by atoms with van der Waals surface area (Å²) < 4.78 is 5.41. The largest absolute Gasteiger partial charge is 0.460 e. The maximum Gasteiger partial charge on any atom is 0.274 e. The van der Waals surface area contributed by atoms with Crippen molar-refractivity contribution in [3.8, 4) is 0 Å². The molecule has 2 aromatic heterocycles. The molecule has 5 heterocycles. The van der Waals surface area contributed by atoms with E-state index in [4.69, 9.17) is 16.0 Å². The number of halogens is 1. The van der Waals surface area contributed by atoms with Gasteiger partial charge >= 0.3 is 0 Å². The number of carbonyl (C=O) groups excluding carboxylic acids is 1. The van der Waals surface area contributed by atoms with Crippen LogP contribution in [0.15, 0.2) is 22.9 Å². The summed E-state index contributed by atoms with van der Waals surface area (Å²) in [5, 5.41) is 4.40. The van der Waals surface area contributed by atoms with Crippen LogP contribution in [0.5, 0.6) is 0 Å². The molecule has 5 rings (SSSR count). The number of rotatable bonds is 2. The van der Waals surface area contributed by atoms with Gasteiger partial charge in [-0.2, -0.15) is 0 Å². The summed E-state index contributed by atoms with van der Waals surface area (Å²) in [6.07, 6.45) is 5.35. The fourth-order valence-corrected chi connectivity index (χ4v) is 4.05. The third-order valence-corrected chi connectivity index (χ3v) is 5.43. The second-order valence-corrected chi connectivity index (χ2v) is 6.64. The molecule has 0 aliphatic carbocycles. The van der Waals surface area contributed by atoms with Crippen LogP contribution in [0.2, 0.25) is 5.02 Å². The number of hydrogen-bond donors (Lipinski definition) is 1. The van der Waals surface area contributed by atoms with E-state index in [0.29, 0.717) is 28.3 Å². The van der Waals surface area contributed by atoms with Crippen molar-refractivity contribution in [3.05, 3.63) is 29.2 Å². The van der Waals surface area contributed by atoms with Gasteiger partial charge in [0.25, 0.3) is 5.91 Å². The monoisotopic (exact) mass is 319 g/mol. The van der Waals surface area contributed by atoms with E-state index in [1.54, 1.807) is 12.3 Å². The third kappa shape index (κ3) is 2.11. The van der Waals surface area contributed by atoms with Crippen molar-refractivity contribution in [3.63, 3.8) is 0 Å². The van der Waals surface area contributed by atoms with Crippen LogP contribution in [0.25, 0.3) is 11.0 Å². The highest BCUT2D eigenvalue weighted by atomic mass is 35.5. The Hall–Kier alpha value is -1.59. The molecule has 0 saturated carbocycles. The van der Waals surface area contributed by atoms with Crippen LogP contribution in [0.1, 0.15) is 30.3 Å². The lowest BCUT2D eigenvalue weighted by Crippen LogP contribution is -2.62. The predicted molar refractivity (Wildman–Crippen MR) is 84.0 cm³/mol. The first kappa shape index (κ1) is 14.0. The van der Waals surface area contributed by atoms with Gasteiger partial charge in [-0.3, -0.25) is 9.69 Å². The summed E-state index contributed by atoms with van der Waals surface area (Å²) >= 11 is 6.06. The van der Waals surface area contributed by atoms with E-state index in [-0.39, 0.29) is 11.9 Å². The average Bonchev–Trinajstić information content (AvgIpc) is 2.93. The van der Waals surface area contributed by atoms with Crippen molar-refractivity contribution in [1.29, 1.82) is 0 Å². The average molecular weight is 320 g/mol. The highest BCUT2D eigenvalue weighted by Crippen LogP contribution is 2.33. The molecule has 116 valence electrons. The van der Waals surface area contributed by atoms with Crippen LogP contribution in [-0.4, -0.2) is 41.0 Å². The van der Waals surface area contributed by atoms with Crippen molar-refractivity contribution >= 4 is 28.5 Å². The molecule has 3 aliphatic heterocycles. The summed E-state index contributed by atoms with van der Waals surface area (Å²) in [6, 6.07) is 2.31. The molecule has 22 heavy (non-hydrogen) atoms. The van der Waals surface area contributed by atoms with E-state index in [1.807, 2.05) is 0 Å². The van der Waals surface area contributed by atoms with Crippen LogP contribution in [0.3, 0.4) is 0 Å².